The van der Waals surface area contributed by atoms with Crippen molar-refractivity contribution >= 4 is 11.7 Å². The van der Waals surface area contributed by atoms with E-state index in [1.807, 2.05) is 19.2 Å². The number of benzene rings is 1. The van der Waals surface area contributed by atoms with Crippen molar-refractivity contribution in [2.24, 2.45) is 0 Å². The summed E-state index contributed by atoms with van der Waals surface area (Å²) in [5.41, 5.74) is 0.861. The summed E-state index contributed by atoms with van der Waals surface area (Å²) in [4.78, 5) is 12.1. The fourth-order valence-electron chi connectivity index (χ4n) is 2.64. The van der Waals surface area contributed by atoms with E-state index in [4.69, 9.17) is 14.2 Å². The molecule has 2 N–H and O–H groups in total. The predicted octanol–water partition coefficient (Wildman–Crippen LogP) is 1.90. The molecule has 2 aromatic rings. The molecule has 0 saturated heterocycles. The molecule has 1 aromatic heterocycles. The molecular formula is C18H26N4O4. The van der Waals surface area contributed by atoms with Crippen molar-refractivity contribution in [3.63, 3.8) is 0 Å². The third-order valence-electron chi connectivity index (χ3n) is 3.92. The Kier molecular flexibility index (Phi) is 7.28. The molecule has 0 aliphatic heterocycles. The molecule has 0 aliphatic carbocycles. The molecule has 1 aromatic carbocycles. The molecule has 142 valence electrons. The standard InChI is InChI=1S/C18H26N4O4/c1-19-10-5-6-16(23)21-15-9-11-20-22(15)12-13-7-8-14(24-2)18(26-4)17(13)25-3/h7-9,11,19H,5-6,10,12H2,1-4H3,(H,21,23). The number of carbonyl (C=O) groups is 1. The summed E-state index contributed by atoms with van der Waals surface area (Å²) in [6, 6.07) is 5.47. The highest BCUT2D eigenvalue weighted by Crippen LogP contribution is 2.40. The van der Waals surface area contributed by atoms with Gasteiger partial charge in [0.15, 0.2) is 11.5 Å². The summed E-state index contributed by atoms with van der Waals surface area (Å²) >= 11 is 0. The summed E-state index contributed by atoms with van der Waals surface area (Å²) in [5.74, 6) is 2.29. The van der Waals surface area contributed by atoms with Crippen molar-refractivity contribution in [1.29, 1.82) is 0 Å². The minimum Gasteiger partial charge on any atom is -0.493 e. The molecule has 0 aliphatic rings. The van der Waals surface area contributed by atoms with E-state index in [9.17, 15) is 4.79 Å². The monoisotopic (exact) mass is 362 g/mol. The average molecular weight is 362 g/mol. The van der Waals surface area contributed by atoms with Gasteiger partial charge in [0.1, 0.15) is 5.82 Å². The molecule has 0 atom stereocenters. The summed E-state index contributed by atoms with van der Waals surface area (Å²) in [5, 5.41) is 10.2. The fourth-order valence-corrected chi connectivity index (χ4v) is 2.64. The zero-order valence-corrected chi connectivity index (χ0v) is 15.7. The van der Waals surface area contributed by atoms with Crippen LogP contribution in [0.2, 0.25) is 0 Å². The SMILES string of the molecule is CNCCCC(=O)Nc1ccnn1Cc1ccc(OC)c(OC)c1OC. The van der Waals surface area contributed by atoms with Crippen LogP contribution < -0.4 is 24.8 Å². The van der Waals surface area contributed by atoms with Gasteiger partial charge in [0.05, 0.1) is 34.1 Å². The van der Waals surface area contributed by atoms with E-state index in [0.29, 0.717) is 36.0 Å². The molecule has 1 heterocycles. The van der Waals surface area contributed by atoms with Gasteiger partial charge in [-0.3, -0.25) is 4.79 Å². The molecule has 0 saturated carbocycles. The highest BCUT2D eigenvalue weighted by Gasteiger charge is 2.17. The Hall–Kier alpha value is -2.74. The van der Waals surface area contributed by atoms with Crippen LogP contribution in [0.25, 0.3) is 0 Å². The highest BCUT2D eigenvalue weighted by atomic mass is 16.5. The number of hydrogen-bond acceptors (Lipinski definition) is 6. The quantitative estimate of drug-likeness (QED) is 0.628. The van der Waals surface area contributed by atoms with Crippen LogP contribution in [-0.2, 0) is 11.3 Å². The Bertz CT molecular complexity index is 730. The van der Waals surface area contributed by atoms with E-state index < -0.39 is 0 Å². The molecule has 0 spiro atoms. The lowest BCUT2D eigenvalue weighted by atomic mass is 10.1. The maximum Gasteiger partial charge on any atom is 0.225 e. The first-order chi connectivity index (χ1) is 12.6. The number of aromatic nitrogens is 2. The third kappa shape index (κ3) is 4.66. The van der Waals surface area contributed by atoms with E-state index in [-0.39, 0.29) is 5.91 Å². The smallest absolute Gasteiger partial charge is 0.225 e. The van der Waals surface area contributed by atoms with Crippen LogP contribution in [0.5, 0.6) is 17.2 Å². The second-order valence-electron chi connectivity index (χ2n) is 5.62. The zero-order valence-electron chi connectivity index (χ0n) is 15.7. The lowest BCUT2D eigenvalue weighted by Gasteiger charge is -2.16. The Balaban J connectivity index is 2.17. The van der Waals surface area contributed by atoms with Gasteiger partial charge in [0, 0.05) is 18.1 Å². The number of carbonyl (C=O) groups excluding carboxylic acids is 1. The molecule has 0 unspecified atom stereocenters. The van der Waals surface area contributed by atoms with Crippen LogP contribution in [0, 0.1) is 0 Å². The average Bonchev–Trinajstić information content (AvgIpc) is 3.07. The van der Waals surface area contributed by atoms with Gasteiger partial charge in [-0.2, -0.15) is 5.10 Å². The number of hydrogen-bond donors (Lipinski definition) is 2. The van der Waals surface area contributed by atoms with E-state index in [0.717, 1.165) is 18.5 Å². The van der Waals surface area contributed by atoms with E-state index in [1.165, 1.54) is 0 Å². The van der Waals surface area contributed by atoms with Gasteiger partial charge >= 0.3 is 0 Å². The number of ether oxygens (including phenoxy) is 3. The maximum absolute atomic E-state index is 12.1. The second kappa shape index (κ2) is 9.67. The van der Waals surface area contributed by atoms with Crippen LogP contribution in [0.3, 0.4) is 0 Å². The van der Waals surface area contributed by atoms with Gasteiger partial charge in [0.2, 0.25) is 11.7 Å². The Morgan fingerprint density at radius 1 is 1.12 bits per heavy atom. The first kappa shape index (κ1) is 19.6. The molecule has 0 fully saturated rings. The van der Waals surface area contributed by atoms with Crippen molar-refractivity contribution in [2.75, 3.05) is 40.2 Å². The number of rotatable bonds is 10. The molecular weight excluding hydrogens is 336 g/mol. The largest absolute Gasteiger partial charge is 0.493 e. The van der Waals surface area contributed by atoms with Gasteiger partial charge in [-0.15, -0.1) is 0 Å². The summed E-state index contributed by atoms with van der Waals surface area (Å²) in [6.07, 6.45) is 2.88. The Morgan fingerprint density at radius 2 is 1.88 bits per heavy atom. The molecule has 0 radical (unpaired) electrons. The van der Waals surface area contributed by atoms with Crippen LogP contribution in [0.1, 0.15) is 18.4 Å². The van der Waals surface area contributed by atoms with Gasteiger partial charge in [-0.25, -0.2) is 4.68 Å². The summed E-state index contributed by atoms with van der Waals surface area (Å²) in [7, 11) is 6.58. The topological polar surface area (TPSA) is 86.6 Å². The number of methoxy groups -OCH3 is 3. The van der Waals surface area contributed by atoms with Crippen molar-refractivity contribution in [2.45, 2.75) is 19.4 Å². The molecule has 8 nitrogen and oxygen atoms in total. The summed E-state index contributed by atoms with van der Waals surface area (Å²) in [6.45, 7) is 1.22. The fraction of sp³-hybridized carbons (Fsp3) is 0.444. The van der Waals surface area contributed by atoms with E-state index >= 15 is 0 Å². The lowest BCUT2D eigenvalue weighted by molar-refractivity contribution is -0.116. The number of nitrogens with one attached hydrogen (secondary N) is 2. The first-order valence-corrected chi connectivity index (χ1v) is 8.38. The third-order valence-corrected chi connectivity index (χ3v) is 3.92. The Morgan fingerprint density at radius 3 is 2.54 bits per heavy atom. The Labute approximate surface area is 153 Å². The van der Waals surface area contributed by atoms with Crippen LogP contribution in [-0.4, -0.2) is 50.6 Å². The first-order valence-electron chi connectivity index (χ1n) is 8.38. The maximum atomic E-state index is 12.1. The number of anilines is 1. The summed E-state index contributed by atoms with van der Waals surface area (Å²) < 4.78 is 17.9. The van der Waals surface area contributed by atoms with Gasteiger partial charge in [-0.1, -0.05) is 0 Å². The number of amides is 1. The molecule has 0 bridgehead atoms. The van der Waals surface area contributed by atoms with E-state index in [2.05, 4.69) is 15.7 Å². The predicted molar refractivity (Wildman–Crippen MR) is 99.2 cm³/mol. The van der Waals surface area contributed by atoms with Crippen LogP contribution in [0.4, 0.5) is 5.82 Å². The van der Waals surface area contributed by atoms with Gasteiger partial charge in [0.25, 0.3) is 0 Å². The number of nitrogens with zero attached hydrogens (tertiary/aromatic N) is 2. The van der Waals surface area contributed by atoms with E-state index in [1.54, 1.807) is 38.3 Å². The molecule has 2 rings (SSSR count). The highest BCUT2D eigenvalue weighted by molar-refractivity contribution is 5.89. The zero-order chi connectivity index (χ0) is 18.9. The second-order valence-corrected chi connectivity index (χ2v) is 5.62. The van der Waals surface area contributed by atoms with Gasteiger partial charge in [-0.05, 0) is 32.1 Å². The van der Waals surface area contributed by atoms with Crippen molar-refractivity contribution in [1.82, 2.24) is 15.1 Å². The molecule has 26 heavy (non-hydrogen) atoms. The molecule has 8 heteroatoms. The van der Waals surface area contributed by atoms with Crippen LogP contribution >= 0.6 is 0 Å². The molecule has 1 amide bonds. The normalized spacial score (nSPS) is 10.5. The van der Waals surface area contributed by atoms with Crippen molar-refractivity contribution in [3.8, 4) is 17.2 Å². The minimum atomic E-state index is -0.0405. The lowest BCUT2D eigenvalue weighted by Crippen LogP contribution is -2.18. The van der Waals surface area contributed by atoms with Crippen molar-refractivity contribution in [3.05, 3.63) is 30.0 Å². The van der Waals surface area contributed by atoms with Crippen molar-refractivity contribution < 1.29 is 19.0 Å². The van der Waals surface area contributed by atoms with Gasteiger partial charge < -0.3 is 24.8 Å². The van der Waals surface area contributed by atoms with Crippen LogP contribution in [0.15, 0.2) is 24.4 Å². The minimum absolute atomic E-state index is 0.0405.